The monoisotopic (exact) mass is 178 g/mol. The Morgan fingerprint density at radius 2 is 2.00 bits per heavy atom. The van der Waals surface area contributed by atoms with Crippen molar-refractivity contribution in [2.24, 2.45) is 0 Å². The minimum Gasteiger partial charge on any atom is -0.390 e. The molecule has 0 aromatic carbocycles. The van der Waals surface area contributed by atoms with Crippen LogP contribution in [-0.4, -0.2) is 15.1 Å². The predicted octanol–water partition coefficient (Wildman–Crippen LogP) is 1.63. The summed E-state index contributed by atoms with van der Waals surface area (Å²) in [6.07, 6.45) is 8.59. The van der Waals surface area contributed by atoms with Gasteiger partial charge in [0.15, 0.2) is 0 Å². The summed E-state index contributed by atoms with van der Waals surface area (Å²) >= 11 is 0. The molecule has 1 aliphatic carbocycles. The lowest BCUT2D eigenvalue weighted by atomic mass is 10.1. The average molecular weight is 178 g/mol. The second kappa shape index (κ2) is 3.83. The Labute approximate surface area is 77.8 Å². The van der Waals surface area contributed by atoms with E-state index in [1.54, 1.807) is 6.20 Å². The maximum absolute atomic E-state index is 8.79. The van der Waals surface area contributed by atoms with Crippen LogP contribution in [0.15, 0.2) is 12.4 Å². The summed E-state index contributed by atoms with van der Waals surface area (Å²) in [6.45, 7) is -0.0159. The van der Waals surface area contributed by atoms with Crippen molar-refractivity contribution in [1.29, 1.82) is 0 Å². The number of aliphatic hydroxyl groups excluding tert-OH is 1. The molecule has 0 spiro atoms. The number of aliphatic hydroxyl groups is 1. The third-order valence-corrected chi connectivity index (χ3v) is 2.66. The molecular formula is C10H14N2O. The average Bonchev–Trinajstić information content (AvgIpc) is 2.71. The Bertz CT molecular complexity index is 265. The van der Waals surface area contributed by atoms with Crippen molar-refractivity contribution in [2.45, 2.75) is 38.2 Å². The molecule has 0 saturated heterocycles. The summed E-state index contributed by atoms with van der Waals surface area (Å²) in [5.41, 5.74) is 1.75. The largest absolute Gasteiger partial charge is 0.390 e. The summed E-state index contributed by atoms with van der Waals surface area (Å²) in [6, 6.07) is 0. The molecule has 0 atom stereocenters. The summed E-state index contributed by atoms with van der Waals surface area (Å²) in [7, 11) is 0. The lowest BCUT2D eigenvalue weighted by Crippen LogP contribution is -1.99. The van der Waals surface area contributed by atoms with Gasteiger partial charge in [0.05, 0.1) is 24.2 Å². The Balaban J connectivity index is 2.12. The second-order valence-electron chi connectivity index (χ2n) is 3.57. The molecule has 1 fully saturated rings. The van der Waals surface area contributed by atoms with Gasteiger partial charge in [0.1, 0.15) is 0 Å². The van der Waals surface area contributed by atoms with Crippen molar-refractivity contribution in [3.63, 3.8) is 0 Å². The van der Waals surface area contributed by atoms with Gasteiger partial charge in [-0.25, -0.2) is 0 Å². The molecule has 1 aromatic rings. The van der Waals surface area contributed by atoms with E-state index in [9.17, 15) is 0 Å². The normalized spacial score (nSPS) is 17.9. The Kier molecular flexibility index (Phi) is 2.54. The highest BCUT2D eigenvalue weighted by Crippen LogP contribution is 2.32. The van der Waals surface area contributed by atoms with Gasteiger partial charge in [0, 0.05) is 12.1 Å². The number of nitrogens with zero attached hydrogens (tertiary/aromatic N) is 2. The van der Waals surface area contributed by atoms with Gasteiger partial charge in [-0.2, -0.15) is 0 Å². The fourth-order valence-electron chi connectivity index (χ4n) is 1.88. The first kappa shape index (κ1) is 8.63. The summed E-state index contributed by atoms with van der Waals surface area (Å²) in [5, 5.41) is 8.79. The topological polar surface area (TPSA) is 46.0 Å². The highest BCUT2D eigenvalue weighted by Gasteiger charge is 2.18. The molecule has 1 saturated carbocycles. The fraction of sp³-hybridized carbons (Fsp3) is 0.600. The van der Waals surface area contributed by atoms with Crippen LogP contribution < -0.4 is 0 Å². The molecule has 0 radical (unpaired) electrons. The van der Waals surface area contributed by atoms with Crippen LogP contribution in [0.5, 0.6) is 0 Å². The van der Waals surface area contributed by atoms with Crippen molar-refractivity contribution in [3.8, 4) is 0 Å². The van der Waals surface area contributed by atoms with Crippen LogP contribution in [0.1, 0.15) is 43.0 Å². The lowest BCUT2D eigenvalue weighted by Gasteiger charge is -2.07. The molecule has 0 amide bonds. The lowest BCUT2D eigenvalue weighted by molar-refractivity contribution is 0.276. The molecule has 1 heterocycles. The van der Waals surface area contributed by atoms with Gasteiger partial charge < -0.3 is 5.11 Å². The first-order valence-electron chi connectivity index (χ1n) is 4.82. The number of hydrogen-bond donors (Lipinski definition) is 1. The quantitative estimate of drug-likeness (QED) is 0.748. The first-order chi connectivity index (χ1) is 6.40. The summed E-state index contributed by atoms with van der Waals surface area (Å²) < 4.78 is 0. The summed E-state index contributed by atoms with van der Waals surface area (Å²) in [4.78, 5) is 8.44. The molecule has 1 N–H and O–H groups in total. The van der Waals surface area contributed by atoms with Gasteiger partial charge in [0.2, 0.25) is 0 Å². The van der Waals surface area contributed by atoms with Crippen molar-refractivity contribution >= 4 is 0 Å². The fourth-order valence-corrected chi connectivity index (χ4v) is 1.88. The SMILES string of the molecule is OCc1cnc(C2CCCC2)cn1. The number of hydrogen-bond acceptors (Lipinski definition) is 3. The molecule has 0 bridgehead atoms. The van der Waals surface area contributed by atoms with Gasteiger partial charge >= 0.3 is 0 Å². The van der Waals surface area contributed by atoms with E-state index in [1.165, 1.54) is 25.7 Å². The minimum atomic E-state index is -0.0159. The van der Waals surface area contributed by atoms with Crippen LogP contribution in [-0.2, 0) is 6.61 Å². The van der Waals surface area contributed by atoms with E-state index < -0.39 is 0 Å². The van der Waals surface area contributed by atoms with Crippen LogP contribution in [0.3, 0.4) is 0 Å². The van der Waals surface area contributed by atoms with Gasteiger partial charge in [-0.05, 0) is 12.8 Å². The van der Waals surface area contributed by atoms with Gasteiger partial charge in [0.25, 0.3) is 0 Å². The maximum atomic E-state index is 8.79. The molecule has 13 heavy (non-hydrogen) atoms. The van der Waals surface area contributed by atoms with Gasteiger partial charge in [-0.15, -0.1) is 0 Å². The highest BCUT2D eigenvalue weighted by atomic mass is 16.3. The predicted molar refractivity (Wildman–Crippen MR) is 49.2 cm³/mol. The van der Waals surface area contributed by atoms with Gasteiger partial charge in [-0.1, -0.05) is 12.8 Å². The third kappa shape index (κ3) is 1.86. The Hall–Kier alpha value is -0.960. The van der Waals surface area contributed by atoms with Crippen molar-refractivity contribution in [1.82, 2.24) is 9.97 Å². The van der Waals surface area contributed by atoms with E-state index >= 15 is 0 Å². The van der Waals surface area contributed by atoms with Gasteiger partial charge in [-0.3, -0.25) is 9.97 Å². The minimum absolute atomic E-state index is 0.0159. The molecule has 3 nitrogen and oxygen atoms in total. The molecule has 0 unspecified atom stereocenters. The van der Waals surface area contributed by atoms with Crippen molar-refractivity contribution in [3.05, 3.63) is 23.8 Å². The number of aromatic nitrogens is 2. The first-order valence-corrected chi connectivity index (χ1v) is 4.82. The maximum Gasteiger partial charge on any atom is 0.0868 e. The van der Waals surface area contributed by atoms with Crippen molar-refractivity contribution < 1.29 is 5.11 Å². The van der Waals surface area contributed by atoms with E-state index in [0.29, 0.717) is 11.6 Å². The molecule has 1 aromatic heterocycles. The molecule has 1 aliphatic rings. The molecule has 2 rings (SSSR count). The zero-order valence-electron chi connectivity index (χ0n) is 7.61. The van der Waals surface area contributed by atoms with E-state index in [1.807, 2.05) is 6.20 Å². The standard InChI is InChI=1S/C10H14N2O/c13-7-9-5-12-10(6-11-9)8-3-1-2-4-8/h5-6,8,13H,1-4,7H2. The molecule has 70 valence electrons. The van der Waals surface area contributed by atoms with E-state index in [0.717, 1.165) is 5.69 Å². The second-order valence-corrected chi connectivity index (χ2v) is 3.57. The molecular weight excluding hydrogens is 164 g/mol. The Morgan fingerprint density at radius 1 is 1.23 bits per heavy atom. The van der Waals surface area contributed by atoms with E-state index in [2.05, 4.69) is 9.97 Å². The van der Waals surface area contributed by atoms with Crippen molar-refractivity contribution in [2.75, 3.05) is 0 Å². The van der Waals surface area contributed by atoms with Crippen LogP contribution in [0.25, 0.3) is 0 Å². The zero-order valence-corrected chi connectivity index (χ0v) is 7.61. The van der Waals surface area contributed by atoms with E-state index in [4.69, 9.17) is 5.11 Å². The molecule has 3 heteroatoms. The van der Waals surface area contributed by atoms with E-state index in [-0.39, 0.29) is 6.61 Å². The zero-order chi connectivity index (χ0) is 9.10. The third-order valence-electron chi connectivity index (χ3n) is 2.66. The van der Waals surface area contributed by atoms with Crippen LogP contribution in [0.4, 0.5) is 0 Å². The Morgan fingerprint density at radius 3 is 2.54 bits per heavy atom. The highest BCUT2D eigenvalue weighted by molar-refractivity contribution is 5.08. The smallest absolute Gasteiger partial charge is 0.0868 e. The summed E-state index contributed by atoms with van der Waals surface area (Å²) in [5.74, 6) is 0.611. The van der Waals surface area contributed by atoms with Crippen LogP contribution in [0, 0.1) is 0 Å². The molecule has 0 aliphatic heterocycles. The van der Waals surface area contributed by atoms with Crippen LogP contribution in [0.2, 0.25) is 0 Å². The van der Waals surface area contributed by atoms with Crippen LogP contribution >= 0.6 is 0 Å². The number of rotatable bonds is 2.